The Kier molecular flexibility index (Phi) is 6.61. The van der Waals surface area contributed by atoms with Crippen molar-refractivity contribution < 1.29 is 27.9 Å². The molecule has 0 saturated carbocycles. The summed E-state index contributed by atoms with van der Waals surface area (Å²) in [6.45, 7) is 1.79. The molecule has 2 amide bonds. The second kappa shape index (κ2) is 9.21. The Morgan fingerprint density at radius 3 is 2.16 bits per heavy atom. The average Bonchev–Trinajstić information content (AvgIpc) is 2.74. The summed E-state index contributed by atoms with van der Waals surface area (Å²) in [6.07, 6.45) is 0. The number of amides is 2. The highest BCUT2D eigenvalue weighted by molar-refractivity contribution is 7.90. The molecule has 3 rings (SSSR count). The van der Waals surface area contributed by atoms with E-state index in [4.69, 9.17) is 11.6 Å². The van der Waals surface area contributed by atoms with Crippen LogP contribution in [0.15, 0.2) is 71.6 Å². The van der Waals surface area contributed by atoms with Crippen molar-refractivity contribution in [3.8, 4) is 0 Å². The molecular weight excluding hydrogens is 456 g/mol. The number of aryl methyl sites for hydroxylation is 1. The van der Waals surface area contributed by atoms with Gasteiger partial charge in [0.2, 0.25) is 0 Å². The largest absolute Gasteiger partial charge is 0.478 e. The van der Waals surface area contributed by atoms with Crippen LogP contribution < -0.4 is 10.0 Å². The van der Waals surface area contributed by atoms with Gasteiger partial charge in [-0.15, -0.1) is 0 Å². The number of benzene rings is 3. The summed E-state index contributed by atoms with van der Waals surface area (Å²) in [5.41, 5.74) is 0.663. The number of carbonyl (C=O) groups excluding carboxylic acids is 2. The Balaban J connectivity index is 1.83. The molecule has 0 radical (unpaired) electrons. The van der Waals surface area contributed by atoms with E-state index in [0.717, 1.165) is 5.56 Å². The van der Waals surface area contributed by atoms with Crippen LogP contribution in [-0.2, 0) is 10.0 Å². The molecule has 8 nitrogen and oxygen atoms in total. The van der Waals surface area contributed by atoms with Crippen molar-refractivity contribution in [2.75, 3.05) is 5.32 Å². The van der Waals surface area contributed by atoms with Gasteiger partial charge in [0.15, 0.2) is 5.78 Å². The predicted octanol–water partition coefficient (Wildman–Crippen LogP) is 4.09. The molecule has 3 N–H and O–H groups in total. The molecule has 32 heavy (non-hydrogen) atoms. The van der Waals surface area contributed by atoms with E-state index in [0.29, 0.717) is 0 Å². The average molecular weight is 473 g/mol. The molecule has 0 aliphatic rings. The number of halogens is 1. The van der Waals surface area contributed by atoms with E-state index in [9.17, 15) is 27.9 Å². The number of carboxylic acid groups (broad SMARTS) is 1. The van der Waals surface area contributed by atoms with Gasteiger partial charge in [-0.3, -0.25) is 4.79 Å². The van der Waals surface area contributed by atoms with E-state index in [1.54, 1.807) is 19.1 Å². The first-order valence-electron chi connectivity index (χ1n) is 9.15. The topological polar surface area (TPSA) is 130 Å². The van der Waals surface area contributed by atoms with Gasteiger partial charge in [-0.05, 0) is 43.3 Å². The van der Waals surface area contributed by atoms with Crippen molar-refractivity contribution in [1.82, 2.24) is 4.72 Å². The molecular formula is C22H17ClN2O6S. The van der Waals surface area contributed by atoms with Gasteiger partial charge in [-0.2, -0.15) is 0 Å². The minimum atomic E-state index is -4.13. The second-order valence-corrected chi connectivity index (χ2v) is 8.84. The van der Waals surface area contributed by atoms with Gasteiger partial charge in [-0.1, -0.05) is 47.5 Å². The summed E-state index contributed by atoms with van der Waals surface area (Å²) in [6, 6.07) is 14.4. The highest BCUT2D eigenvalue weighted by Crippen LogP contribution is 2.25. The second-order valence-electron chi connectivity index (χ2n) is 6.75. The van der Waals surface area contributed by atoms with Crippen LogP contribution in [0.1, 0.15) is 31.8 Å². The number of anilines is 1. The maximum Gasteiger partial charge on any atom is 0.336 e. The van der Waals surface area contributed by atoms with E-state index in [2.05, 4.69) is 5.32 Å². The molecule has 0 spiro atoms. The van der Waals surface area contributed by atoms with E-state index in [1.165, 1.54) is 54.6 Å². The SMILES string of the molecule is Cc1ccc(S(=O)(=O)NC(=O)Nc2cc(C(=O)c3ccccc3C(=O)O)ccc2Cl)cc1. The van der Waals surface area contributed by atoms with Crippen LogP contribution in [0.2, 0.25) is 5.02 Å². The van der Waals surface area contributed by atoms with Crippen molar-refractivity contribution in [3.63, 3.8) is 0 Å². The van der Waals surface area contributed by atoms with Crippen LogP contribution >= 0.6 is 11.6 Å². The lowest BCUT2D eigenvalue weighted by atomic mass is 9.98. The van der Waals surface area contributed by atoms with Crippen LogP contribution in [0.5, 0.6) is 0 Å². The number of sulfonamides is 1. The minimum Gasteiger partial charge on any atom is -0.478 e. The molecule has 0 aliphatic heterocycles. The monoisotopic (exact) mass is 472 g/mol. The van der Waals surface area contributed by atoms with Gasteiger partial charge in [0.25, 0.3) is 10.0 Å². The molecule has 0 saturated heterocycles. The van der Waals surface area contributed by atoms with Crippen LogP contribution in [-0.4, -0.2) is 31.3 Å². The lowest BCUT2D eigenvalue weighted by Gasteiger charge is -2.12. The minimum absolute atomic E-state index is 0.0260. The fourth-order valence-electron chi connectivity index (χ4n) is 2.83. The summed E-state index contributed by atoms with van der Waals surface area (Å²) in [5, 5.41) is 11.7. The molecule has 0 aromatic heterocycles. The van der Waals surface area contributed by atoms with Crippen LogP contribution in [0.4, 0.5) is 10.5 Å². The number of aromatic carboxylic acids is 1. The molecule has 0 atom stereocenters. The molecule has 0 fully saturated rings. The zero-order chi connectivity index (χ0) is 23.5. The normalized spacial score (nSPS) is 10.9. The van der Waals surface area contributed by atoms with Crippen molar-refractivity contribution in [1.29, 1.82) is 0 Å². The van der Waals surface area contributed by atoms with Gasteiger partial charge < -0.3 is 10.4 Å². The number of rotatable bonds is 6. The number of nitrogens with one attached hydrogen (secondary N) is 2. The molecule has 164 valence electrons. The number of urea groups is 1. The first-order valence-corrected chi connectivity index (χ1v) is 11.0. The predicted molar refractivity (Wildman–Crippen MR) is 119 cm³/mol. The van der Waals surface area contributed by atoms with Crippen molar-refractivity contribution in [2.45, 2.75) is 11.8 Å². The summed E-state index contributed by atoms with van der Waals surface area (Å²) >= 11 is 6.08. The quantitative estimate of drug-likeness (QED) is 0.463. The molecule has 3 aromatic carbocycles. The number of hydrogen-bond donors (Lipinski definition) is 3. The van der Waals surface area contributed by atoms with Crippen molar-refractivity contribution in [2.24, 2.45) is 0 Å². The Morgan fingerprint density at radius 1 is 0.906 bits per heavy atom. The Hall–Kier alpha value is -3.69. The van der Waals surface area contributed by atoms with Crippen molar-refractivity contribution >= 4 is 45.1 Å². The van der Waals surface area contributed by atoms with Crippen LogP contribution in [0.3, 0.4) is 0 Å². The Morgan fingerprint density at radius 2 is 1.53 bits per heavy atom. The van der Waals surface area contributed by atoms with E-state index >= 15 is 0 Å². The van der Waals surface area contributed by atoms with Crippen molar-refractivity contribution in [3.05, 3.63) is 94.0 Å². The van der Waals surface area contributed by atoms with E-state index in [-0.39, 0.29) is 32.3 Å². The van der Waals surface area contributed by atoms with Gasteiger partial charge in [-0.25, -0.2) is 22.7 Å². The lowest BCUT2D eigenvalue weighted by molar-refractivity contribution is 0.0692. The molecule has 0 unspecified atom stereocenters. The third kappa shape index (κ3) is 5.13. The molecule has 0 heterocycles. The first kappa shape index (κ1) is 23.0. The zero-order valence-electron chi connectivity index (χ0n) is 16.6. The fourth-order valence-corrected chi connectivity index (χ4v) is 3.90. The van der Waals surface area contributed by atoms with Crippen LogP contribution in [0, 0.1) is 6.92 Å². The van der Waals surface area contributed by atoms with Gasteiger partial charge in [0.1, 0.15) is 0 Å². The maximum atomic E-state index is 12.8. The third-order valence-electron chi connectivity index (χ3n) is 4.44. The smallest absolute Gasteiger partial charge is 0.336 e. The zero-order valence-corrected chi connectivity index (χ0v) is 18.2. The first-order chi connectivity index (χ1) is 15.1. The Bertz CT molecular complexity index is 1320. The summed E-state index contributed by atoms with van der Waals surface area (Å²) in [7, 11) is -4.13. The summed E-state index contributed by atoms with van der Waals surface area (Å²) < 4.78 is 26.6. The van der Waals surface area contributed by atoms with Crippen LogP contribution in [0.25, 0.3) is 0 Å². The fraction of sp³-hybridized carbons (Fsp3) is 0.0455. The van der Waals surface area contributed by atoms with Gasteiger partial charge >= 0.3 is 12.0 Å². The number of carboxylic acids is 1. The standard InChI is InChI=1S/C22H17ClN2O6S/c1-13-6-9-15(10-7-13)32(30,31)25-22(29)24-19-12-14(8-11-18(19)23)20(26)16-4-2-3-5-17(16)21(27)28/h2-12H,1H3,(H,27,28)(H2,24,25,29). The lowest BCUT2D eigenvalue weighted by Crippen LogP contribution is -2.34. The molecule has 3 aromatic rings. The molecule has 0 bridgehead atoms. The molecule has 0 aliphatic carbocycles. The summed E-state index contributed by atoms with van der Waals surface area (Å²) in [5.74, 6) is -1.86. The van der Waals surface area contributed by atoms with Gasteiger partial charge in [0, 0.05) is 11.1 Å². The van der Waals surface area contributed by atoms with E-state index < -0.39 is 27.8 Å². The van der Waals surface area contributed by atoms with E-state index in [1.807, 2.05) is 4.72 Å². The molecule has 10 heteroatoms. The summed E-state index contributed by atoms with van der Waals surface area (Å²) in [4.78, 5) is 36.4. The highest BCUT2D eigenvalue weighted by Gasteiger charge is 2.21. The van der Waals surface area contributed by atoms with Gasteiger partial charge in [0.05, 0.1) is 21.2 Å². The third-order valence-corrected chi connectivity index (χ3v) is 6.11. The highest BCUT2D eigenvalue weighted by atomic mass is 35.5. The maximum absolute atomic E-state index is 12.8. The Labute approximate surface area is 188 Å². The number of carbonyl (C=O) groups is 3. The number of hydrogen-bond acceptors (Lipinski definition) is 5. The number of ketones is 1.